The molecule has 3 aliphatic rings. The normalized spacial score (nSPS) is 36.2. The van der Waals surface area contributed by atoms with Gasteiger partial charge in [-0.1, -0.05) is 69.9 Å². The van der Waals surface area contributed by atoms with Gasteiger partial charge in [0.25, 0.3) is 0 Å². The smallest absolute Gasteiger partial charge is 0.125 e. The van der Waals surface area contributed by atoms with Gasteiger partial charge in [-0.2, -0.15) is 0 Å². The second-order valence-corrected chi connectivity index (χ2v) is 10.9. The Bertz CT molecular complexity index is 863. The highest BCUT2D eigenvalue weighted by molar-refractivity contribution is 5.38. The third kappa shape index (κ3) is 5.73. The first-order valence-electron chi connectivity index (χ1n) is 13.0. The van der Waals surface area contributed by atoms with E-state index in [1.165, 1.54) is 31.3 Å². The number of rotatable bonds is 5. The largest absolute Gasteiger partial charge is 0.393 e. The number of aliphatic hydroxyl groups is 3. The Balaban J connectivity index is 1.73. The molecule has 6 atom stereocenters. The predicted octanol–water partition coefficient (Wildman–Crippen LogP) is 5.87. The Kier molecular flexibility index (Phi) is 8.49. The summed E-state index contributed by atoms with van der Waals surface area (Å²) in [4.78, 5) is 0. The molecule has 1 unspecified atom stereocenters. The Hall–Kier alpha value is -1.60. The summed E-state index contributed by atoms with van der Waals surface area (Å²) in [6.07, 6.45) is 15.8. The Labute approximate surface area is 201 Å². The zero-order valence-corrected chi connectivity index (χ0v) is 21.1. The molecular weight excluding hydrogens is 408 g/mol. The van der Waals surface area contributed by atoms with Crippen LogP contribution in [0, 0.1) is 35.0 Å². The van der Waals surface area contributed by atoms with E-state index in [9.17, 15) is 15.3 Å². The van der Waals surface area contributed by atoms with E-state index in [1.54, 1.807) is 0 Å². The van der Waals surface area contributed by atoms with E-state index in [0.29, 0.717) is 43.4 Å². The molecule has 182 valence electrons. The van der Waals surface area contributed by atoms with Crippen LogP contribution in [0.25, 0.3) is 0 Å². The van der Waals surface area contributed by atoms with E-state index >= 15 is 0 Å². The van der Waals surface area contributed by atoms with Crippen LogP contribution in [0.4, 0.5) is 0 Å². The minimum Gasteiger partial charge on any atom is -0.393 e. The molecule has 3 saturated carbocycles. The van der Waals surface area contributed by atoms with Crippen LogP contribution in [0.15, 0.2) is 47.6 Å². The molecule has 3 nitrogen and oxygen atoms in total. The molecule has 0 spiro atoms. The van der Waals surface area contributed by atoms with Crippen molar-refractivity contribution in [1.82, 2.24) is 0 Å². The summed E-state index contributed by atoms with van der Waals surface area (Å²) in [6, 6.07) is 0. The van der Waals surface area contributed by atoms with Crippen LogP contribution in [-0.4, -0.2) is 33.1 Å². The topological polar surface area (TPSA) is 60.7 Å². The maximum Gasteiger partial charge on any atom is 0.125 e. The molecule has 0 radical (unpaired) electrons. The summed E-state index contributed by atoms with van der Waals surface area (Å²) >= 11 is 0. The second-order valence-electron chi connectivity index (χ2n) is 10.9. The maximum atomic E-state index is 10.4. The van der Waals surface area contributed by atoms with Crippen LogP contribution >= 0.6 is 0 Å². The first-order chi connectivity index (χ1) is 15.6. The van der Waals surface area contributed by atoms with Crippen LogP contribution in [0.2, 0.25) is 0 Å². The van der Waals surface area contributed by atoms with Crippen molar-refractivity contribution >= 4 is 0 Å². The summed E-state index contributed by atoms with van der Waals surface area (Å²) in [5.41, 5.74) is 2.69. The molecule has 3 fully saturated rings. The van der Waals surface area contributed by atoms with E-state index in [4.69, 9.17) is 0 Å². The molecular formula is C30H44O3. The predicted molar refractivity (Wildman–Crippen MR) is 136 cm³/mol. The molecule has 0 heterocycles. The molecule has 3 N–H and O–H groups in total. The van der Waals surface area contributed by atoms with Crippen LogP contribution in [0.1, 0.15) is 85.5 Å². The molecule has 3 heteroatoms. The minimum atomic E-state index is -0.870. The number of hydrogen-bond acceptors (Lipinski definition) is 3. The summed E-state index contributed by atoms with van der Waals surface area (Å²) in [7, 11) is 0. The summed E-state index contributed by atoms with van der Waals surface area (Å²) in [5, 5.41) is 30.6. The van der Waals surface area contributed by atoms with Crippen molar-refractivity contribution in [2.24, 2.45) is 23.2 Å². The molecule has 3 rings (SSSR count). The fourth-order valence-electron chi connectivity index (χ4n) is 6.55. The highest BCUT2D eigenvalue weighted by Gasteiger charge is 2.50. The summed E-state index contributed by atoms with van der Waals surface area (Å²) in [5.74, 6) is 7.79. The van der Waals surface area contributed by atoms with Crippen LogP contribution in [0.3, 0.4) is 0 Å². The monoisotopic (exact) mass is 452 g/mol. The van der Waals surface area contributed by atoms with E-state index in [1.807, 2.05) is 19.9 Å². The van der Waals surface area contributed by atoms with Crippen molar-refractivity contribution in [1.29, 1.82) is 0 Å². The van der Waals surface area contributed by atoms with Gasteiger partial charge in [0.05, 0.1) is 12.2 Å². The third-order valence-corrected chi connectivity index (χ3v) is 8.89. The first-order valence-corrected chi connectivity index (χ1v) is 13.0. The Morgan fingerprint density at radius 1 is 1.21 bits per heavy atom. The third-order valence-electron chi connectivity index (χ3n) is 8.89. The molecule has 0 bridgehead atoms. The average molecular weight is 453 g/mol. The van der Waals surface area contributed by atoms with Gasteiger partial charge in [0.15, 0.2) is 0 Å². The quantitative estimate of drug-likeness (QED) is 0.457. The van der Waals surface area contributed by atoms with Crippen molar-refractivity contribution < 1.29 is 15.3 Å². The van der Waals surface area contributed by atoms with Gasteiger partial charge in [-0.15, -0.1) is 0 Å². The maximum absolute atomic E-state index is 10.4. The van der Waals surface area contributed by atoms with E-state index in [2.05, 4.69) is 50.5 Å². The minimum absolute atomic E-state index is 0.288. The van der Waals surface area contributed by atoms with Crippen LogP contribution in [0.5, 0.6) is 0 Å². The highest BCUT2D eigenvalue weighted by Crippen LogP contribution is 2.59. The summed E-state index contributed by atoms with van der Waals surface area (Å²) in [6.45, 7) is 12.8. The van der Waals surface area contributed by atoms with E-state index in [-0.39, 0.29) is 5.41 Å². The van der Waals surface area contributed by atoms with Crippen molar-refractivity contribution in [3.8, 4) is 11.8 Å². The number of fused-ring (bicyclic) bond motifs is 1. The average Bonchev–Trinajstić information content (AvgIpc) is 3.15. The lowest BCUT2D eigenvalue weighted by Gasteiger charge is -2.44. The van der Waals surface area contributed by atoms with Gasteiger partial charge in [-0.3, -0.25) is 0 Å². The van der Waals surface area contributed by atoms with Gasteiger partial charge in [0, 0.05) is 6.42 Å². The fourth-order valence-corrected chi connectivity index (χ4v) is 6.55. The molecule has 0 amide bonds. The van der Waals surface area contributed by atoms with Crippen molar-refractivity contribution in [2.75, 3.05) is 0 Å². The standard InChI is InChI=1S/C30H44O3/c1-6-30(33,7-2)18-9-8-11-21(3)26-15-16-27-23(12-10-17-29(26,27)5)13-14-24-19-25(31)20-28(32)22(24)4/h8,11,13-14,21,25-28,31-33H,4,6-7,10,12,15-17,19-20H2,1-3,5H3/b11-8+,23-13+,24-14-/t21-,25-,26?,27+,28+,29-/m1/s1. The van der Waals surface area contributed by atoms with Gasteiger partial charge >= 0.3 is 0 Å². The van der Waals surface area contributed by atoms with Gasteiger partial charge in [-0.25, -0.2) is 0 Å². The summed E-state index contributed by atoms with van der Waals surface area (Å²) < 4.78 is 0. The van der Waals surface area contributed by atoms with Gasteiger partial charge < -0.3 is 15.3 Å². The molecule has 0 aromatic heterocycles. The number of hydrogen-bond donors (Lipinski definition) is 3. The lowest BCUT2D eigenvalue weighted by Crippen LogP contribution is -2.35. The molecule has 0 aliphatic heterocycles. The zero-order chi connectivity index (χ0) is 24.2. The molecule has 33 heavy (non-hydrogen) atoms. The van der Waals surface area contributed by atoms with E-state index < -0.39 is 17.8 Å². The van der Waals surface area contributed by atoms with Crippen molar-refractivity contribution in [3.63, 3.8) is 0 Å². The van der Waals surface area contributed by atoms with Gasteiger partial charge in [-0.05, 0) is 91.8 Å². The van der Waals surface area contributed by atoms with Crippen LogP contribution < -0.4 is 0 Å². The Morgan fingerprint density at radius 3 is 2.64 bits per heavy atom. The highest BCUT2D eigenvalue weighted by atomic mass is 16.3. The first kappa shape index (κ1) is 26.0. The molecule has 3 aliphatic carbocycles. The van der Waals surface area contributed by atoms with Crippen molar-refractivity contribution in [2.45, 2.75) is 103 Å². The number of allylic oxidation sites excluding steroid dienone is 5. The zero-order valence-electron chi connectivity index (χ0n) is 21.1. The van der Waals surface area contributed by atoms with Crippen molar-refractivity contribution in [3.05, 3.63) is 47.6 Å². The fraction of sp³-hybridized carbons (Fsp3) is 0.667. The van der Waals surface area contributed by atoms with Gasteiger partial charge in [0.2, 0.25) is 0 Å². The number of aliphatic hydroxyl groups excluding tert-OH is 2. The second kappa shape index (κ2) is 10.8. The lowest BCUT2D eigenvalue weighted by molar-refractivity contribution is 0.0862. The van der Waals surface area contributed by atoms with Gasteiger partial charge in [0.1, 0.15) is 5.60 Å². The van der Waals surface area contributed by atoms with E-state index in [0.717, 1.165) is 17.6 Å². The SMILES string of the molecule is C=C1/C(=C\C=C2/CCC[C@]3(C)C([C@H](C)/C=C/C#CC(O)(CC)CC)CC[C@@H]23)C[C@@H](O)C[C@@H]1O. The molecule has 0 aromatic carbocycles. The van der Waals surface area contributed by atoms with Crippen LogP contribution in [-0.2, 0) is 0 Å². The Morgan fingerprint density at radius 2 is 1.94 bits per heavy atom. The molecule has 0 aromatic rings. The molecule has 0 saturated heterocycles. The lowest BCUT2D eigenvalue weighted by atomic mass is 9.61.